The highest BCUT2D eigenvalue weighted by Gasteiger charge is 2.32. The fourth-order valence-corrected chi connectivity index (χ4v) is 5.08. The molecule has 1 aliphatic heterocycles. The number of thiazole rings is 1. The minimum atomic E-state index is -0.0785. The van der Waals surface area contributed by atoms with Crippen LogP contribution in [0.5, 0.6) is 5.88 Å². The van der Waals surface area contributed by atoms with Gasteiger partial charge in [0.15, 0.2) is 0 Å². The van der Waals surface area contributed by atoms with E-state index in [1.165, 1.54) is 22.3 Å². The third-order valence-corrected chi connectivity index (χ3v) is 6.22. The molecular weight excluding hydrogens is 356 g/mol. The van der Waals surface area contributed by atoms with Crippen molar-refractivity contribution in [2.45, 2.75) is 32.7 Å². The number of aromatic nitrogens is 3. The molecule has 1 fully saturated rings. The molecule has 132 valence electrons. The van der Waals surface area contributed by atoms with E-state index in [9.17, 15) is 5.11 Å². The summed E-state index contributed by atoms with van der Waals surface area (Å²) in [5.41, 5.74) is 1.02. The molecule has 4 rings (SSSR count). The Kier molecular flexibility index (Phi) is 4.43. The molecule has 3 heterocycles. The Morgan fingerprint density at radius 3 is 2.88 bits per heavy atom. The first-order valence-corrected chi connectivity index (χ1v) is 9.77. The molecule has 0 spiro atoms. The molecule has 5 nitrogen and oxygen atoms in total. The molecule has 0 bridgehead atoms. The second-order valence-electron chi connectivity index (χ2n) is 6.81. The molecule has 0 radical (unpaired) electrons. The van der Waals surface area contributed by atoms with Gasteiger partial charge in [-0.1, -0.05) is 48.1 Å². The zero-order chi connectivity index (χ0) is 17.6. The van der Waals surface area contributed by atoms with Crippen molar-refractivity contribution in [3.8, 4) is 5.88 Å². The summed E-state index contributed by atoms with van der Waals surface area (Å²) < 4.78 is 1.53. The van der Waals surface area contributed by atoms with Crippen LogP contribution in [0.2, 0.25) is 5.02 Å². The quantitative estimate of drug-likeness (QED) is 0.741. The molecule has 25 heavy (non-hydrogen) atoms. The molecule has 0 aliphatic carbocycles. The average molecular weight is 377 g/mol. The molecule has 1 aliphatic rings. The molecule has 7 heteroatoms. The van der Waals surface area contributed by atoms with E-state index in [0.29, 0.717) is 16.7 Å². The van der Waals surface area contributed by atoms with Crippen LogP contribution in [0.3, 0.4) is 0 Å². The largest absolute Gasteiger partial charge is 0.492 e. The number of rotatable bonds is 3. The van der Waals surface area contributed by atoms with Crippen molar-refractivity contribution in [3.05, 3.63) is 45.6 Å². The summed E-state index contributed by atoms with van der Waals surface area (Å²) in [6, 6.07) is 7.82. The van der Waals surface area contributed by atoms with E-state index >= 15 is 0 Å². The Morgan fingerprint density at radius 2 is 2.16 bits per heavy atom. The standard InChI is InChI=1S/C18H21ClN4OS/c1-11-6-5-9-22(10-11)15(13-7-3-4-8-14(13)19)16-17(24)23-18(25-16)20-12(2)21-23/h3-4,7-8,11,15,24H,5-6,9-10H2,1-2H3. The lowest BCUT2D eigenvalue weighted by atomic mass is 9.95. The van der Waals surface area contributed by atoms with Gasteiger partial charge >= 0.3 is 0 Å². The van der Waals surface area contributed by atoms with Gasteiger partial charge < -0.3 is 5.11 Å². The van der Waals surface area contributed by atoms with Crippen LogP contribution in [0, 0.1) is 12.8 Å². The van der Waals surface area contributed by atoms with Crippen molar-refractivity contribution in [1.29, 1.82) is 0 Å². The van der Waals surface area contributed by atoms with Crippen LogP contribution in [0.4, 0.5) is 0 Å². The number of fused-ring (bicyclic) bond motifs is 1. The first-order chi connectivity index (χ1) is 12.0. The second-order valence-corrected chi connectivity index (χ2v) is 8.23. The fraction of sp³-hybridized carbons (Fsp3) is 0.444. The summed E-state index contributed by atoms with van der Waals surface area (Å²) in [5.74, 6) is 1.46. The zero-order valence-corrected chi connectivity index (χ0v) is 15.9. The number of aromatic hydroxyl groups is 1. The summed E-state index contributed by atoms with van der Waals surface area (Å²) in [4.78, 5) is 8.41. The lowest BCUT2D eigenvalue weighted by molar-refractivity contribution is 0.149. The minimum Gasteiger partial charge on any atom is -0.492 e. The smallest absolute Gasteiger partial charge is 0.230 e. The molecule has 3 aromatic rings. The number of halogens is 1. The maximum atomic E-state index is 10.8. The van der Waals surface area contributed by atoms with E-state index in [2.05, 4.69) is 21.9 Å². The predicted molar refractivity (Wildman–Crippen MR) is 101 cm³/mol. The van der Waals surface area contributed by atoms with Gasteiger partial charge in [-0.2, -0.15) is 4.52 Å². The molecule has 1 aromatic carbocycles. The number of aryl methyl sites for hydroxylation is 1. The van der Waals surface area contributed by atoms with Gasteiger partial charge in [-0.3, -0.25) is 4.90 Å². The average Bonchev–Trinajstić information content (AvgIpc) is 3.08. The topological polar surface area (TPSA) is 53.7 Å². The number of benzene rings is 1. The number of hydrogen-bond acceptors (Lipinski definition) is 5. The molecule has 2 aromatic heterocycles. The lowest BCUT2D eigenvalue weighted by Crippen LogP contribution is -2.37. The molecule has 2 atom stereocenters. The van der Waals surface area contributed by atoms with Gasteiger partial charge in [0.2, 0.25) is 10.8 Å². The van der Waals surface area contributed by atoms with Crippen LogP contribution in [-0.2, 0) is 0 Å². The van der Waals surface area contributed by atoms with Crippen LogP contribution in [0.1, 0.15) is 42.1 Å². The van der Waals surface area contributed by atoms with Crippen molar-refractivity contribution in [2.75, 3.05) is 13.1 Å². The highest BCUT2D eigenvalue weighted by molar-refractivity contribution is 7.17. The third kappa shape index (κ3) is 3.03. The Morgan fingerprint density at radius 1 is 1.36 bits per heavy atom. The van der Waals surface area contributed by atoms with Crippen LogP contribution in [-0.4, -0.2) is 37.7 Å². The minimum absolute atomic E-state index is 0.0785. The molecule has 2 unspecified atom stereocenters. The monoisotopic (exact) mass is 376 g/mol. The van der Waals surface area contributed by atoms with Crippen molar-refractivity contribution < 1.29 is 5.11 Å². The summed E-state index contributed by atoms with van der Waals surface area (Å²) in [6.45, 7) is 6.09. The van der Waals surface area contributed by atoms with Crippen LogP contribution in [0.25, 0.3) is 4.96 Å². The second kappa shape index (κ2) is 6.59. The van der Waals surface area contributed by atoms with Gasteiger partial charge in [-0.25, -0.2) is 4.98 Å². The van der Waals surface area contributed by atoms with Gasteiger partial charge in [-0.15, -0.1) is 5.10 Å². The van der Waals surface area contributed by atoms with Crippen LogP contribution in [0.15, 0.2) is 24.3 Å². The molecule has 1 N–H and O–H groups in total. The molecular formula is C18H21ClN4OS. The first kappa shape index (κ1) is 16.8. The zero-order valence-electron chi connectivity index (χ0n) is 14.3. The van der Waals surface area contributed by atoms with E-state index < -0.39 is 0 Å². The first-order valence-electron chi connectivity index (χ1n) is 8.58. The van der Waals surface area contributed by atoms with Crippen molar-refractivity contribution in [3.63, 3.8) is 0 Å². The Bertz CT molecular complexity index is 906. The molecule has 0 amide bonds. The van der Waals surface area contributed by atoms with E-state index in [0.717, 1.165) is 35.0 Å². The Balaban J connectivity index is 1.85. The highest BCUT2D eigenvalue weighted by atomic mass is 35.5. The Hall–Kier alpha value is -1.63. The molecule has 0 saturated carbocycles. The van der Waals surface area contributed by atoms with Crippen LogP contribution >= 0.6 is 22.9 Å². The van der Waals surface area contributed by atoms with Gasteiger partial charge in [0.1, 0.15) is 5.82 Å². The summed E-state index contributed by atoms with van der Waals surface area (Å²) in [7, 11) is 0. The van der Waals surface area contributed by atoms with E-state index in [-0.39, 0.29) is 11.9 Å². The van der Waals surface area contributed by atoms with E-state index in [1.54, 1.807) is 0 Å². The summed E-state index contributed by atoms with van der Waals surface area (Å²) in [6.07, 6.45) is 2.40. The molecule has 1 saturated heterocycles. The van der Waals surface area contributed by atoms with Gasteiger partial charge in [0.05, 0.1) is 10.9 Å². The van der Waals surface area contributed by atoms with E-state index in [1.807, 2.05) is 31.2 Å². The van der Waals surface area contributed by atoms with E-state index in [4.69, 9.17) is 11.6 Å². The highest BCUT2D eigenvalue weighted by Crippen LogP contribution is 2.43. The number of hydrogen-bond donors (Lipinski definition) is 1. The van der Waals surface area contributed by atoms with Gasteiger partial charge in [0, 0.05) is 11.6 Å². The maximum Gasteiger partial charge on any atom is 0.230 e. The van der Waals surface area contributed by atoms with Crippen molar-refractivity contribution in [2.24, 2.45) is 5.92 Å². The number of piperidine rings is 1. The lowest BCUT2D eigenvalue weighted by Gasteiger charge is -2.37. The number of nitrogens with zero attached hydrogens (tertiary/aromatic N) is 4. The fourth-order valence-electron chi connectivity index (χ4n) is 3.69. The predicted octanol–water partition coefficient (Wildman–Crippen LogP) is 4.28. The van der Waals surface area contributed by atoms with Crippen molar-refractivity contribution in [1.82, 2.24) is 19.5 Å². The number of likely N-dealkylation sites (tertiary alicyclic amines) is 1. The Labute approximate surface area is 155 Å². The summed E-state index contributed by atoms with van der Waals surface area (Å²) >= 11 is 8.02. The summed E-state index contributed by atoms with van der Waals surface area (Å²) in [5, 5.41) is 15.9. The third-order valence-electron chi connectivity index (χ3n) is 4.81. The normalized spacial score (nSPS) is 20.2. The van der Waals surface area contributed by atoms with Crippen LogP contribution < -0.4 is 0 Å². The maximum absolute atomic E-state index is 10.8. The van der Waals surface area contributed by atoms with Gasteiger partial charge in [0.25, 0.3) is 0 Å². The SMILES string of the molecule is Cc1nc2sc(C(c3ccccc3Cl)N3CCCC(C)C3)c(O)n2n1. The van der Waals surface area contributed by atoms with Crippen molar-refractivity contribution >= 4 is 27.9 Å². The van der Waals surface area contributed by atoms with Gasteiger partial charge in [-0.05, 0) is 43.9 Å².